The number of carbonyl (C=O) groups excluding carboxylic acids is 2. The second-order valence-corrected chi connectivity index (χ2v) is 5.46. The van der Waals surface area contributed by atoms with Crippen molar-refractivity contribution in [3.8, 4) is 0 Å². The molecule has 5 heteroatoms. The smallest absolute Gasteiger partial charge is 0.255 e. The number of hydrogen-bond donors (Lipinski definition) is 1. The molecule has 1 aromatic rings. The van der Waals surface area contributed by atoms with Gasteiger partial charge in [0.2, 0.25) is 5.91 Å². The molecule has 2 amide bonds. The molecule has 1 aromatic carbocycles. The number of likely N-dealkylation sites (tertiary alicyclic amines) is 1. The first-order chi connectivity index (χ1) is 9.06. The van der Waals surface area contributed by atoms with E-state index >= 15 is 0 Å². The van der Waals surface area contributed by atoms with E-state index in [0.717, 1.165) is 31.5 Å². The summed E-state index contributed by atoms with van der Waals surface area (Å²) in [6, 6.07) is 3.33. The van der Waals surface area contributed by atoms with Crippen LogP contribution >= 0.6 is 15.9 Å². The number of hydrogen-bond acceptors (Lipinski definition) is 2. The Labute approximate surface area is 121 Å². The number of benzene rings is 1. The van der Waals surface area contributed by atoms with E-state index in [1.54, 1.807) is 12.1 Å². The molecule has 19 heavy (non-hydrogen) atoms. The monoisotopic (exact) mass is 324 g/mol. The minimum Gasteiger partial charge on any atom is -0.366 e. The lowest BCUT2D eigenvalue weighted by atomic mass is 10.0. The lowest BCUT2D eigenvalue weighted by Crippen LogP contribution is -2.28. The van der Waals surface area contributed by atoms with Crippen LogP contribution in [0.3, 0.4) is 0 Å². The molecule has 0 spiro atoms. The zero-order valence-corrected chi connectivity index (χ0v) is 12.5. The third kappa shape index (κ3) is 2.66. The fraction of sp³-hybridized carbons (Fsp3) is 0.429. The highest BCUT2D eigenvalue weighted by Crippen LogP contribution is 2.27. The van der Waals surface area contributed by atoms with Crippen molar-refractivity contribution in [3.05, 3.63) is 33.3 Å². The van der Waals surface area contributed by atoms with Crippen molar-refractivity contribution in [2.24, 2.45) is 5.73 Å². The van der Waals surface area contributed by atoms with Crippen LogP contribution in [0.4, 0.5) is 0 Å². The van der Waals surface area contributed by atoms with Crippen molar-refractivity contribution in [2.75, 3.05) is 13.1 Å². The first-order valence-corrected chi connectivity index (χ1v) is 7.26. The zero-order chi connectivity index (χ0) is 14.0. The molecule has 2 N–H and O–H groups in total. The number of halogens is 1. The molecule has 0 unspecified atom stereocenters. The lowest BCUT2D eigenvalue weighted by Gasteiger charge is -2.18. The van der Waals surface area contributed by atoms with Crippen LogP contribution in [0.15, 0.2) is 16.6 Å². The van der Waals surface area contributed by atoms with E-state index in [-0.39, 0.29) is 5.91 Å². The quantitative estimate of drug-likeness (QED) is 0.927. The fourth-order valence-electron chi connectivity index (χ4n) is 2.45. The van der Waals surface area contributed by atoms with E-state index in [0.29, 0.717) is 22.0 Å². The summed E-state index contributed by atoms with van der Waals surface area (Å²) in [5.41, 5.74) is 7.25. The van der Waals surface area contributed by atoms with Crippen molar-refractivity contribution in [1.29, 1.82) is 0 Å². The molecule has 1 heterocycles. The molecule has 0 aliphatic carbocycles. The second kappa shape index (κ2) is 5.74. The molecule has 1 saturated heterocycles. The Morgan fingerprint density at radius 3 is 2.37 bits per heavy atom. The second-order valence-electron chi connectivity index (χ2n) is 4.67. The molecule has 2 rings (SSSR count). The average molecular weight is 325 g/mol. The Kier molecular flexibility index (Phi) is 4.24. The number of nitrogens with zero attached hydrogens (tertiary/aromatic N) is 1. The van der Waals surface area contributed by atoms with Crippen molar-refractivity contribution in [1.82, 2.24) is 4.90 Å². The SMILES string of the molecule is CCc1c(C(N)=O)ccc(C(=O)N2CCCC2)c1Br. The van der Waals surface area contributed by atoms with Crippen LogP contribution in [0, 0.1) is 0 Å². The van der Waals surface area contributed by atoms with E-state index in [9.17, 15) is 9.59 Å². The van der Waals surface area contributed by atoms with Crippen LogP contribution in [0.1, 0.15) is 46.0 Å². The average Bonchev–Trinajstić information content (AvgIpc) is 2.91. The number of carbonyl (C=O) groups is 2. The first kappa shape index (κ1) is 14.1. The van der Waals surface area contributed by atoms with E-state index in [2.05, 4.69) is 15.9 Å². The fourth-order valence-corrected chi connectivity index (χ4v) is 3.25. The third-order valence-electron chi connectivity index (χ3n) is 3.49. The van der Waals surface area contributed by atoms with Gasteiger partial charge in [0.1, 0.15) is 0 Å². The Balaban J connectivity index is 2.42. The molecule has 0 saturated carbocycles. The predicted molar refractivity (Wildman–Crippen MR) is 77.2 cm³/mol. The van der Waals surface area contributed by atoms with Crippen LogP contribution < -0.4 is 5.73 Å². The van der Waals surface area contributed by atoms with Crippen LogP contribution in [-0.2, 0) is 6.42 Å². The van der Waals surface area contributed by atoms with Crippen LogP contribution in [0.2, 0.25) is 0 Å². The maximum absolute atomic E-state index is 12.4. The van der Waals surface area contributed by atoms with Gasteiger partial charge in [-0.05, 0) is 52.9 Å². The van der Waals surface area contributed by atoms with Crippen LogP contribution in [0.5, 0.6) is 0 Å². The highest BCUT2D eigenvalue weighted by Gasteiger charge is 2.23. The van der Waals surface area contributed by atoms with E-state index in [1.807, 2.05) is 11.8 Å². The van der Waals surface area contributed by atoms with Gasteiger partial charge in [-0.2, -0.15) is 0 Å². The molecule has 1 aliphatic heterocycles. The standard InChI is InChI=1S/C14H17BrN2O2/c1-2-9-10(13(16)18)5-6-11(12(9)15)14(19)17-7-3-4-8-17/h5-6H,2-4,7-8H2,1H3,(H2,16,18). The molecule has 102 valence electrons. The zero-order valence-electron chi connectivity index (χ0n) is 10.9. The molecule has 0 aromatic heterocycles. The van der Waals surface area contributed by atoms with Crippen molar-refractivity contribution < 1.29 is 9.59 Å². The molecular weight excluding hydrogens is 308 g/mol. The number of amides is 2. The highest BCUT2D eigenvalue weighted by atomic mass is 79.9. The van der Waals surface area contributed by atoms with Gasteiger partial charge in [0.15, 0.2) is 0 Å². The van der Waals surface area contributed by atoms with Gasteiger partial charge in [-0.3, -0.25) is 9.59 Å². The molecule has 1 fully saturated rings. The summed E-state index contributed by atoms with van der Waals surface area (Å²) in [7, 11) is 0. The third-order valence-corrected chi connectivity index (χ3v) is 4.39. The summed E-state index contributed by atoms with van der Waals surface area (Å²) in [6.45, 7) is 3.56. The van der Waals surface area contributed by atoms with Crippen LogP contribution in [-0.4, -0.2) is 29.8 Å². The maximum atomic E-state index is 12.4. The topological polar surface area (TPSA) is 63.4 Å². The van der Waals surface area contributed by atoms with Gasteiger partial charge < -0.3 is 10.6 Å². The van der Waals surface area contributed by atoms with E-state index < -0.39 is 5.91 Å². The molecule has 0 bridgehead atoms. The maximum Gasteiger partial charge on any atom is 0.255 e. The minimum atomic E-state index is -0.460. The Morgan fingerprint density at radius 1 is 1.26 bits per heavy atom. The van der Waals surface area contributed by atoms with E-state index in [1.165, 1.54) is 0 Å². The largest absolute Gasteiger partial charge is 0.366 e. The number of primary amides is 1. The summed E-state index contributed by atoms with van der Waals surface area (Å²) in [5.74, 6) is -0.437. The molecule has 0 atom stereocenters. The normalized spacial score (nSPS) is 14.7. The lowest BCUT2D eigenvalue weighted by molar-refractivity contribution is 0.0791. The van der Waals surface area contributed by atoms with Crippen molar-refractivity contribution in [3.63, 3.8) is 0 Å². The van der Waals surface area contributed by atoms with E-state index in [4.69, 9.17) is 5.73 Å². The summed E-state index contributed by atoms with van der Waals surface area (Å²) >= 11 is 3.45. The van der Waals surface area contributed by atoms with Gasteiger partial charge >= 0.3 is 0 Å². The molecular formula is C14H17BrN2O2. The molecule has 1 aliphatic rings. The molecule has 0 radical (unpaired) electrons. The van der Waals surface area contributed by atoms with Gasteiger partial charge in [-0.1, -0.05) is 6.92 Å². The van der Waals surface area contributed by atoms with Crippen LogP contribution in [0.25, 0.3) is 0 Å². The first-order valence-electron chi connectivity index (χ1n) is 6.46. The predicted octanol–water partition coefficient (Wildman–Crippen LogP) is 2.35. The van der Waals surface area contributed by atoms with Gasteiger partial charge in [0.05, 0.1) is 5.56 Å². The summed E-state index contributed by atoms with van der Waals surface area (Å²) in [6.07, 6.45) is 2.77. The van der Waals surface area contributed by atoms with Gasteiger partial charge in [-0.25, -0.2) is 0 Å². The number of nitrogens with two attached hydrogens (primary N) is 1. The van der Waals surface area contributed by atoms with Crippen molar-refractivity contribution >= 4 is 27.7 Å². The Morgan fingerprint density at radius 2 is 1.84 bits per heavy atom. The Hall–Kier alpha value is -1.36. The summed E-state index contributed by atoms with van der Waals surface area (Å²) in [5, 5.41) is 0. The van der Waals surface area contributed by atoms with Crippen molar-refractivity contribution in [2.45, 2.75) is 26.2 Å². The minimum absolute atomic E-state index is 0.0232. The van der Waals surface area contributed by atoms with Gasteiger partial charge in [0.25, 0.3) is 5.91 Å². The molecule has 4 nitrogen and oxygen atoms in total. The summed E-state index contributed by atoms with van der Waals surface area (Å²) < 4.78 is 0.697. The highest BCUT2D eigenvalue weighted by molar-refractivity contribution is 9.10. The van der Waals surface area contributed by atoms with Gasteiger partial charge in [-0.15, -0.1) is 0 Å². The van der Waals surface area contributed by atoms with Gasteiger partial charge in [0, 0.05) is 23.1 Å². The number of rotatable bonds is 3. The Bertz CT molecular complexity index is 522. The summed E-state index contributed by atoms with van der Waals surface area (Å²) in [4.78, 5) is 25.6.